The van der Waals surface area contributed by atoms with Crippen LogP contribution in [-0.4, -0.2) is 36.9 Å². The Morgan fingerprint density at radius 1 is 0.625 bits per heavy atom. The number of alkyl halides is 6. The second kappa shape index (κ2) is 10.7. The lowest BCUT2D eigenvalue weighted by Crippen LogP contribution is -2.24. The minimum absolute atomic E-state index is 0.240. The predicted molar refractivity (Wildman–Crippen MR) is 104 cm³/mol. The topological polar surface area (TPSA) is 70.8 Å². The Kier molecular flexibility index (Phi) is 8.22. The molecule has 0 aliphatic heterocycles. The summed E-state index contributed by atoms with van der Waals surface area (Å²) in [4.78, 5) is 7.91. The summed E-state index contributed by atoms with van der Waals surface area (Å²) in [5.41, 5.74) is -0.00758. The SMILES string of the molecule is [O-]/C(=C\C(=NCCN=C(/C=C(\[O-])C(F)(F)F)c1ccccc1)c1ccccc1)C(F)(F)F. The molecule has 0 amide bonds. The number of halogens is 6. The zero-order chi connectivity index (χ0) is 23.8. The molecule has 32 heavy (non-hydrogen) atoms. The minimum Gasteiger partial charge on any atom is -0.869 e. The predicted octanol–water partition coefficient (Wildman–Crippen LogP) is 3.58. The molecule has 0 N–H and O–H groups in total. The van der Waals surface area contributed by atoms with Crippen molar-refractivity contribution in [3.63, 3.8) is 0 Å². The summed E-state index contributed by atoms with van der Waals surface area (Å²) in [6.07, 6.45) is -9.48. The molecule has 170 valence electrons. The molecule has 0 fully saturated rings. The van der Waals surface area contributed by atoms with Gasteiger partial charge in [0, 0.05) is 0 Å². The van der Waals surface area contributed by atoms with E-state index < -0.39 is 23.9 Å². The van der Waals surface area contributed by atoms with Crippen LogP contribution in [0.15, 0.2) is 94.3 Å². The van der Waals surface area contributed by atoms with Crippen LogP contribution in [0.3, 0.4) is 0 Å². The molecule has 0 bridgehead atoms. The molecule has 0 saturated carbocycles. The van der Waals surface area contributed by atoms with Crippen LogP contribution in [0, 0.1) is 0 Å². The summed E-state index contributed by atoms with van der Waals surface area (Å²) in [7, 11) is 0. The summed E-state index contributed by atoms with van der Waals surface area (Å²) in [5.74, 6) is -4.20. The average molecular weight is 454 g/mol. The van der Waals surface area contributed by atoms with Gasteiger partial charge in [0.05, 0.1) is 24.5 Å². The first kappa shape index (κ1) is 24.7. The van der Waals surface area contributed by atoms with E-state index in [-0.39, 0.29) is 35.6 Å². The van der Waals surface area contributed by atoms with E-state index in [1.165, 1.54) is 24.3 Å². The molecule has 0 unspecified atom stereocenters. The Morgan fingerprint density at radius 3 is 1.22 bits per heavy atom. The van der Waals surface area contributed by atoms with Gasteiger partial charge < -0.3 is 10.2 Å². The third-order valence-corrected chi connectivity index (χ3v) is 3.90. The smallest absolute Gasteiger partial charge is 0.402 e. The van der Waals surface area contributed by atoms with Crippen LogP contribution in [0.2, 0.25) is 0 Å². The van der Waals surface area contributed by atoms with Gasteiger partial charge in [-0.05, 0) is 34.8 Å². The van der Waals surface area contributed by atoms with Crippen LogP contribution in [0.5, 0.6) is 0 Å². The van der Waals surface area contributed by atoms with Crippen LogP contribution in [0.4, 0.5) is 26.3 Å². The van der Waals surface area contributed by atoms with E-state index in [1.807, 2.05) is 0 Å². The molecule has 2 rings (SSSR count). The molecule has 0 saturated heterocycles. The van der Waals surface area contributed by atoms with Gasteiger partial charge in [0.15, 0.2) is 0 Å². The molecule has 0 atom stereocenters. The molecule has 0 aliphatic rings. The van der Waals surface area contributed by atoms with E-state index in [9.17, 15) is 36.6 Å². The van der Waals surface area contributed by atoms with Gasteiger partial charge in [-0.25, -0.2) is 0 Å². The van der Waals surface area contributed by atoms with Crippen LogP contribution < -0.4 is 10.2 Å². The fourth-order valence-electron chi connectivity index (χ4n) is 2.41. The van der Waals surface area contributed by atoms with Crippen molar-refractivity contribution < 1.29 is 36.6 Å². The molecule has 4 nitrogen and oxygen atoms in total. The van der Waals surface area contributed by atoms with Gasteiger partial charge in [0.1, 0.15) is 0 Å². The molecule has 2 aromatic carbocycles. The number of hydrogen-bond acceptors (Lipinski definition) is 4. The Morgan fingerprint density at radius 2 is 0.938 bits per heavy atom. The van der Waals surface area contributed by atoms with Crippen molar-refractivity contribution in [2.24, 2.45) is 9.98 Å². The summed E-state index contributed by atoms with van der Waals surface area (Å²) in [6.45, 7) is -0.480. The van der Waals surface area contributed by atoms with E-state index >= 15 is 0 Å². The van der Waals surface area contributed by atoms with E-state index in [4.69, 9.17) is 0 Å². The van der Waals surface area contributed by atoms with Crippen molar-refractivity contribution in [1.29, 1.82) is 0 Å². The zero-order valence-electron chi connectivity index (χ0n) is 16.3. The van der Waals surface area contributed by atoms with Gasteiger partial charge in [-0.1, -0.05) is 60.7 Å². The second-order valence-corrected chi connectivity index (χ2v) is 6.28. The first-order chi connectivity index (χ1) is 15.0. The monoisotopic (exact) mass is 454 g/mol. The van der Waals surface area contributed by atoms with E-state index in [1.54, 1.807) is 36.4 Å². The zero-order valence-corrected chi connectivity index (χ0v) is 16.3. The number of nitrogens with zero attached hydrogens (tertiary/aromatic N) is 2. The maximum absolute atomic E-state index is 12.6. The van der Waals surface area contributed by atoms with Crippen molar-refractivity contribution in [2.75, 3.05) is 13.1 Å². The normalized spacial score (nSPS) is 14.6. The number of aliphatic imine (C=N–C) groups is 2. The highest BCUT2D eigenvalue weighted by Gasteiger charge is 2.27. The van der Waals surface area contributed by atoms with E-state index in [2.05, 4.69) is 9.98 Å². The van der Waals surface area contributed by atoms with Crippen molar-refractivity contribution in [3.8, 4) is 0 Å². The van der Waals surface area contributed by atoms with E-state index in [0.717, 1.165) is 0 Å². The average Bonchev–Trinajstić information content (AvgIpc) is 2.74. The summed E-state index contributed by atoms with van der Waals surface area (Å²) >= 11 is 0. The van der Waals surface area contributed by atoms with Gasteiger partial charge in [0.2, 0.25) is 0 Å². The van der Waals surface area contributed by atoms with Gasteiger partial charge in [-0.2, -0.15) is 26.3 Å². The van der Waals surface area contributed by atoms with Crippen LogP contribution >= 0.6 is 0 Å². The lowest BCUT2D eigenvalue weighted by molar-refractivity contribution is -0.360. The second-order valence-electron chi connectivity index (χ2n) is 6.28. The third kappa shape index (κ3) is 7.60. The van der Waals surface area contributed by atoms with Gasteiger partial charge in [0.25, 0.3) is 0 Å². The highest BCUT2D eigenvalue weighted by Crippen LogP contribution is 2.22. The number of rotatable bonds is 7. The van der Waals surface area contributed by atoms with Crippen molar-refractivity contribution >= 4 is 11.4 Å². The Bertz CT molecular complexity index is 925. The lowest BCUT2D eigenvalue weighted by atomic mass is 10.1. The molecule has 10 heteroatoms. The number of hydrogen-bond donors (Lipinski definition) is 0. The quantitative estimate of drug-likeness (QED) is 0.278. The molecule has 0 aliphatic carbocycles. The lowest BCUT2D eigenvalue weighted by Gasteiger charge is -2.16. The fourth-order valence-corrected chi connectivity index (χ4v) is 2.41. The molecule has 0 aromatic heterocycles. The molecule has 0 heterocycles. The Balaban J connectivity index is 2.33. The highest BCUT2D eigenvalue weighted by atomic mass is 19.4. The maximum atomic E-state index is 12.6. The van der Waals surface area contributed by atoms with Crippen molar-refractivity contribution in [3.05, 3.63) is 95.5 Å². The first-order valence-corrected chi connectivity index (χ1v) is 9.10. The first-order valence-electron chi connectivity index (χ1n) is 9.10. The molecular formula is C22H16F6N2O2-2. The standard InChI is InChI=1S/C22H18F6N2O2/c23-21(24,25)19(31)13-17(15-7-3-1-4-8-15)29-11-12-30-18(14-20(32)22(26,27)28)16-9-5-2-6-10-16/h1-10,13-14,31-32H,11-12H2/p-2/b19-13-,20-14-,29-17?,30-18?. The van der Waals surface area contributed by atoms with E-state index in [0.29, 0.717) is 12.2 Å². The van der Waals surface area contributed by atoms with Crippen molar-refractivity contribution in [2.45, 2.75) is 12.4 Å². The van der Waals surface area contributed by atoms with Crippen LogP contribution in [-0.2, 0) is 0 Å². The van der Waals surface area contributed by atoms with Gasteiger partial charge in [-0.3, -0.25) is 9.98 Å². The third-order valence-electron chi connectivity index (χ3n) is 3.90. The van der Waals surface area contributed by atoms with Crippen molar-refractivity contribution in [1.82, 2.24) is 0 Å². The van der Waals surface area contributed by atoms with Gasteiger partial charge in [-0.15, -0.1) is 0 Å². The van der Waals surface area contributed by atoms with Gasteiger partial charge >= 0.3 is 12.4 Å². The summed E-state index contributed by atoms with van der Waals surface area (Å²) in [6, 6.07) is 15.2. The summed E-state index contributed by atoms with van der Waals surface area (Å²) < 4.78 is 75.8. The Labute approximate surface area is 179 Å². The molecule has 2 aromatic rings. The number of benzene rings is 2. The largest absolute Gasteiger partial charge is 0.869 e. The molecule has 0 spiro atoms. The Hall–Kier alpha value is -3.56. The fraction of sp³-hybridized carbons (Fsp3) is 0.182. The minimum atomic E-state index is -5.08. The molecular weight excluding hydrogens is 438 g/mol. The number of allylic oxidation sites excluding steroid dienone is 4. The maximum Gasteiger partial charge on any atom is 0.402 e. The molecule has 0 radical (unpaired) electrons. The summed E-state index contributed by atoms with van der Waals surface area (Å²) in [5, 5.41) is 22.7. The van der Waals surface area contributed by atoms with Crippen LogP contribution in [0.1, 0.15) is 11.1 Å². The van der Waals surface area contributed by atoms with Crippen LogP contribution in [0.25, 0.3) is 0 Å². The highest BCUT2D eigenvalue weighted by molar-refractivity contribution is 6.09.